The predicted octanol–water partition coefficient (Wildman–Crippen LogP) is 5.66. The predicted molar refractivity (Wildman–Crippen MR) is 97.7 cm³/mol. The summed E-state index contributed by atoms with van der Waals surface area (Å²) in [6.45, 7) is 4.77. The summed E-state index contributed by atoms with van der Waals surface area (Å²) >= 11 is 4.16. The van der Waals surface area contributed by atoms with Crippen molar-refractivity contribution >= 4 is 29.2 Å². The molecule has 0 spiro atoms. The topological polar surface area (TPSA) is 12.0 Å². The summed E-state index contributed by atoms with van der Waals surface area (Å²) in [5.74, 6) is 2.53. The fourth-order valence-corrected chi connectivity index (χ4v) is 5.94. The van der Waals surface area contributed by atoms with E-state index in [1.807, 2.05) is 0 Å². The Balaban J connectivity index is 1.54. The first kappa shape index (κ1) is 15.6. The first-order chi connectivity index (χ1) is 10.1. The van der Waals surface area contributed by atoms with Crippen molar-refractivity contribution < 1.29 is 0 Å². The van der Waals surface area contributed by atoms with Crippen LogP contribution in [0.2, 0.25) is 0 Å². The molecular weight excluding hydrogens is 294 g/mol. The molecule has 3 rings (SSSR count). The molecule has 3 heteroatoms. The Kier molecular flexibility index (Phi) is 5.11. The van der Waals surface area contributed by atoms with E-state index in [9.17, 15) is 0 Å². The molecule has 0 aromatic heterocycles. The van der Waals surface area contributed by atoms with Gasteiger partial charge in [-0.25, -0.2) is 0 Å². The maximum absolute atomic E-state index is 3.73. The van der Waals surface area contributed by atoms with Crippen molar-refractivity contribution in [2.24, 2.45) is 5.41 Å². The fourth-order valence-electron chi connectivity index (χ4n) is 3.42. The van der Waals surface area contributed by atoms with E-state index in [1.54, 1.807) is 0 Å². The summed E-state index contributed by atoms with van der Waals surface area (Å²) in [6, 6.07) is 9.75. The number of hydrogen-bond acceptors (Lipinski definition) is 3. The lowest BCUT2D eigenvalue weighted by atomic mass is 9.88. The summed E-state index contributed by atoms with van der Waals surface area (Å²) in [5, 5.41) is 4.59. The van der Waals surface area contributed by atoms with Gasteiger partial charge < -0.3 is 5.32 Å². The SMILES string of the molecule is CC1(C)CSCC(Nc2ccc(SC3CCCC3)cc2)C1. The summed E-state index contributed by atoms with van der Waals surface area (Å²) in [4.78, 5) is 1.44. The fraction of sp³-hybridized carbons (Fsp3) is 0.667. The maximum Gasteiger partial charge on any atom is 0.0357 e. The molecule has 1 nitrogen and oxygen atoms in total. The van der Waals surface area contributed by atoms with Crippen molar-refractivity contribution in [3.05, 3.63) is 24.3 Å². The molecule has 1 atom stereocenters. The largest absolute Gasteiger partial charge is 0.381 e. The highest BCUT2D eigenvalue weighted by Crippen LogP contribution is 2.36. The minimum absolute atomic E-state index is 0.471. The first-order valence-corrected chi connectivity index (χ1v) is 10.3. The van der Waals surface area contributed by atoms with Gasteiger partial charge in [0.2, 0.25) is 0 Å². The summed E-state index contributed by atoms with van der Waals surface area (Å²) in [6.07, 6.45) is 6.93. The second-order valence-electron chi connectivity index (χ2n) is 7.27. The van der Waals surface area contributed by atoms with Crippen LogP contribution in [-0.2, 0) is 0 Å². The smallest absolute Gasteiger partial charge is 0.0357 e. The Morgan fingerprint density at radius 3 is 2.52 bits per heavy atom. The van der Waals surface area contributed by atoms with Crippen molar-refractivity contribution in [3.8, 4) is 0 Å². The lowest BCUT2D eigenvalue weighted by molar-refractivity contribution is 0.358. The van der Waals surface area contributed by atoms with Crippen molar-refractivity contribution in [2.45, 2.75) is 62.1 Å². The molecule has 1 aromatic rings. The van der Waals surface area contributed by atoms with E-state index in [4.69, 9.17) is 0 Å². The number of rotatable bonds is 4. The van der Waals surface area contributed by atoms with E-state index in [2.05, 4.69) is 67.0 Å². The lowest BCUT2D eigenvalue weighted by Gasteiger charge is -2.35. The van der Waals surface area contributed by atoms with Crippen molar-refractivity contribution in [3.63, 3.8) is 0 Å². The molecule has 0 radical (unpaired) electrons. The summed E-state index contributed by atoms with van der Waals surface area (Å²) in [7, 11) is 0. The van der Waals surface area contributed by atoms with Crippen LogP contribution in [0.25, 0.3) is 0 Å². The molecule has 1 N–H and O–H groups in total. The Morgan fingerprint density at radius 2 is 1.86 bits per heavy atom. The molecule has 0 amide bonds. The highest BCUT2D eigenvalue weighted by molar-refractivity contribution is 8.00. The molecule has 0 bridgehead atoms. The first-order valence-electron chi connectivity index (χ1n) is 8.22. The van der Waals surface area contributed by atoms with Crippen LogP contribution in [0, 0.1) is 5.41 Å². The summed E-state index contributed by atoms with van der Waals surface area (Å²) < 4.78 is 0. The number of benzene rings is 1. The van der Waals surface area contributed by atoms with E-state index in [-0.39, 0.29) is 0 Å². The van der Waals surface area contributed by atoms with Gasteiger partial charge in [-0.2, -0.15) is 11.8 Å². The van der Waals surface area contributed by atoms with E-state index in [0.717, 1.165) is 5.25 Å². The minimum atomic E-state index is 0.471. The van der Waals surface area contributed by atoms with Gasteiger partial charge in [0.15, 0.2) is 0 Å². The quantitative estimate of drug-likeness (QED) is 0.768. The van der Waals surface area contributed by atoms with E-state index in [1.165, 1.54) is 54.2 Å². The highest BCUT2D eigenvalue weighted by Gasteiger charge is 2.28. The molecule has 1 unspecified atom stereocenters. The van der Waals surface area contributed by atoms with Crippen LogP contribution >= 0.6 is 23.5 Å². The molecule has 2 fully saturated rings. The van der Waals surface area contributed by atoms with Crippen molar-refractivity contribution in [2.75, 3.05) is 16.8 Å². The van der Waals surface area contributed by atoms with Crippen LogP contribution in [0.5, 0.6) is 0 Å². The van der Waals surface area contributed by atoms with Crippen LogP contribution in [0.4, 0.5) is 5.69 Å². The summed E-state index contributed by atoms with van der Waals surface area (Å²) in [5.41, 5.74) is 1.76. The normalized spacial score (nSPS) is 25.9. The number of hydrogen-bond donors (Lipinski definition) is 1. The van der Waals surface area contributed by atoms with Crippen LogP contribution in [0.3, 0.4) is 0 Å². The van der Waals surface area contributed by atoms with Gasteiger partial charge in [0.25, 0.3) is 0 Å². The minimum Gasteiger partial charge on any atom is -0.381 e. The zero-order chi connectivity index (χ0) is 14.7. The zero-order valence-electron chi connectivity index (χ0n) is 13.2. The van der Waals surface area contributed by atoms with Crippen molar-refractivity contribution in [1.29, 1.82) is 0 Å². The van der Waals surface area contributed by atoms with E-state index < -0.39 is 0 Å². The zero-order valence-corrected chi connectivity index (χ0v) is 14.9. The van der Waals surface area contributed by atoms with Crippen LogP contribution in [-0.4, -0.2) is 22.8 Å². The highest BCUT2D eigenvalue weighted by atomic mass is 32.2. The number of anilines is 1. The second kappa shape index (κ2) is 6.87. The Labute approximate surface area is 138 Å². The van der Waals surface area contributed by atoms with Gasteiger partial charge in [-0.1, -0.05) is 26.7 Å². The van der Waals surface area contributed by atoms with Gasteiger partial charge in [0.1, 0.15) is 0 Å². The standard InChI is InChI=1S/C18H27NS2/c1-18(2)11-15(12-20-13-18)19-14-7-9-17(10-8-14)21-16-5-3-4-6-16/h7-10,15-16,19H,3-6,11-13H2,1-2H3. The van der Waals surface area contributed by atoms with E-state index >= 15 is 0 Å². The Bertz CT molecular complexity index is 449. The average molecular weight is 322 g/mol. The van der Waals surface area contributed by atoms with Crippen molar-refractivity contribution in [1.82, 2.24) is 0 Å². The van der Waals surface area contributed by atoms with Gasteiger partial charge in [-0.15, -0.1) is 11.8 Å². The lowest BCUT2D eigenvalue weighted by Crippen LogP contribution is -2.35. The maximum atomic E-state index is 3.73. The molecule has 1 aliphatic carbocycles. The molecular formula is C18H27NS2. The van der Waals surface area contributed by atoms with Gasteiger partial charge in [0.05, 0.1) is 0 Å². The third-order valence-corrected chi connectivity index (χ3v) is 7.41. The molecule has 21 heavy (non-hydrogen) atoms. The molecule has 1 heterocycles. The van der Waals surface area contributed by atoms with Gasteiger partial charge in [-0.05, 0) is 54.7 Å². The molecule has 2 aliphatic rings. The monoisotopic (exact) mass is 321 g/mol. The Hall–Kier alpha value is -0.280. The third kappa shape index (κ3) is 4.59. The van der Waals surface area contributed by atoms with Crippen LogP contribution in [0.1, 0.15) is 46.0 Å². The molecule has 1 aliphatic heterocycles. The molecule has 116 valence electrons. The number of thioether (sulfide) groups is 2. The van der Waals surface area contributed by atoms with Gasteiger partial charge in [-0.3, -0.25) is 0 Å². The Morgan fingerprint density at radius 1 is 1.14 bits per heavy atom. The number of nitrogens with one attached hydrogen (secondary N) is 1. The molecule has 1 saturated heterocycles. The van der Waals surface area contributed by atoms with Gasteiger partial charge in [0, 0.05) is 27.6 Å². The van der Waals surface area contributed by atoms with Crippen LogP contribution in [0.15, 0.2) is 29.2 Å². The second-order valence-corrected chi connectivity index (χ2v) is 9.68. The average Bonchev–Trinajstić information content (AvgIpc) is 2.93. The van der Waals surface area contributed by atoms with Gasteiger partial charge >= 0.3 is 0 Å². The third-order valence-electron chi connectivity index (χ3n) is 4.44. The molecule has 1 aromatic carbocycles. The van der Waals surface area contributed by atoms with E-state index in [0.29, 0.717) is 11.5 Å². The molecule has 1 saturated carbocycles. The van der Waals surface area contributed by atoms with Crippen LogP contribution < -0.4 is 5.32 Å².